The molecular weight excluding hydrogens is 655 g/mol. The van der Waals surface area contributed by atoms with Crippen LogP contribution in [0.5, 0.6) is 0 Å². The Labute approximate surface area is 322 Å². The fourth-order valence-electron chi connectivity index (χ4n) is 7.55. The van der Waals surface area contributed by atoms with Gasteiger partial charge < -0.3 is 5.32 Å². The minimum atomic E-state index is 0.0689. The number of hydrogen-bond acceptors (Lipinski definition) is 3. The average molecular weight is 706 g/mol. The molecular formula is C51H51N3. The number of allylic oxidation sites excluding steroid dienone is 13. The SMILES string of the molecule is C=CCC/C=C/c1ccccc1C1C=CC(c2cccc(-c3nc(C4=CCCC(c5ccccc5)=C4)cc(C(C=C)C/C=C/C4CC=CNC4)n3)c2)=CC1. The largest absolute Gasteiger partial charge is 0.391 e. The summed E-state index contributed by atoms with van der Waals surface area (Å²) in [6.45, 7) is 9.09. The van der Waals surface area contributed by atoms with E-state index in [2.05, 4.69) is 170 Å². The molecule has 1 aromatic heterocycles. The maximum absolute atomic E-state index is 5.27. The third-order valence-corrected chi connectivity index (χ3v) is 10.6. The van der Waals surface area contributed by atoms with E-state index in [1.165, 1.54) is 33.4 Å². The Kier molecular flexibility index (Phi) is 12.4. The lowest BCUT2D eigenvalue weighted by Crippen LogP contribution is -2.19. The van der Waals surface area contributed by atoms with Gasteiger partial charge in [0.05, 0.1) is 11.4 Å². The lowest BCUT2D eigenvalue weighted by atomic mass is 9.85. The molecule has 0 fully saturated rings. The van der Waals surface area contributed by atoms with Crippen molar-refractivity contribution in [3.8, 4) is 11.4 Å². The van der Waals surface area contributed by atoms with E-state index in [4.69, 9.17) is 9.97 Å². The topological polar surface area (TPSA) is 37.8 Å². The molecule has 3 aromatic carbocycles. The number of rotatable bonds is 14. The molecule has 0 spiro atoms. The Hall–Kier alpha value is -5.80. The van der Waals surface area contributed by atoms with Crippen LogP contribution < -0.4 is 5.32 Å². The van der Waals surface area contributed by atoms with Gasteiger partial charge in [-0.15, -0.1) is 13.2 Å². The molecule has 3 nitrogen and oxygen atoms in total. The Morgan fingerprint density at radius 2 is 1.67 bits per heavy atom. The summed E-state index contributed by atoms with van der Waals surface area (Å²) >= 11 is 0. The molecule has 2 heterocycles. The van der Waals surface area contributed by atoms with Crippen LogP contribution in [-0.4, -0.2) is 16.5 Å². The van der Waals surface area contributed by atoms with Crippen molar-refractivity contribution in [1.29, 1.82) is 0 Å². The molecule has 4 aromatic rings. The highest BCUT2D eigenvalue weighted by molar-refractivity contribution is 5.85. The number of aromatic nitrogens is 2. The highest BCUT2D eigenvalue weighted by atomic mass is 14.9. The van der Waals surface area contributed by atoms with E-state index in [1.807, 2.05) is 12.2 Å². The summed E-state index contributed by atoms with van der Waals surface area (Å²) in [4.78, 5) is 10.5. The number of hydrogen-bond donors (Lipinski definition) is 1. The molecule has 0 radical (unpaired) electrons. The van der Waals surface area contributed by atoms with Gasteiger partial charge in [-0.2, -0.15) is 0 Å². The van der Waals surface area contributed by atoms with E-state index in [1.54, 1.807) is 0 Å². The highest BCUT2D eigenvalue weighted by Crippen LogP contribution is 2.36. The van der Waals surface area contributed by atoms with Gasteiger partial charge in [0.25, 0.3) is 0 Å². The molecule has 7 rings (SSSR count). The molecule has 3 unspecified atom stereocenters. The number of nitrogens with zero attached hydrogens (tertiary/aromatic N) is 2. The molecule has 0 saturated carbocycles. The lowest BCUT2D eigenvalue weighted by molar-refractivity contribution is 0.592. The summed E-state index contributed by atoms with van der Waals surface area (Å²) in [6, 6.07) is 30.4. The van der Waals surface area contributed by atoms with Crippen molar-refractivity contribution >= 4 is 22.8 Å². The zero-order valence-electron chi connectivity index (χ0n) is 31.3. The van der Waals surface area contributed by atoms with Gasteiger partial charge in [-0.25, -0.2) is 9.97 Å². The van der Waals surface area contributed by atoms with Crippen molar-refractivity contribution in [2.24, 2.45) is 5.92 Å². The Balaban J connectivity index is 1.18. The fourth-order valence-corrected chi connectivity index (χ4v) is 7.55. The van der Waals surface area contributed by atoms with Crippen LogP contribution in [0, 0.1) is 5.92 Å². The first kappa shape index (κ1) is 36.6. The molecule has 0 amide bonds. The molecule has 0 saturated heterocycles. The summed E-state index contributed by atoms with van der Waals surface area (Å²) in [5.41, 5.74) is 11.8. The maximum atomic E-state index is 5.27. The van der Waals surface area contributed by atoms with Crippen LogP contribution >= 0.6 is 0 Å². The maximum Gasteiger partial charge on any atom is 0.160 e. The summed E-state index contributed by atoms with van der Waals surface area (Å²) in [5.74, 6) is 1.66. The van der Waals surface area contributed by atoms with E-state index in [9.17, 15) is 0 Å². The average Bonchev–Trinajstić information content (AvgIpc) is 3.25. The van der Waals surface area contributed by atoms with Crippen molar-refractivity contribution in [2.45, 2.75) is 56.8 Å². The molecule has 54 heavy (non-hydrogen) atoms. The van der Waals surface area contributed by atoms with Crippen LogP contribution in [0.2, 0.25) is 0 Å². The van der Waals surface area contributed by atoms with E-state index < -0.39 is 0 Å². The first-order chi connectivity index (χ1) is 26.7. The van der Waals surface area contributed by atoms with Crippen LogP contribution in [0.25, 0.3) is 34.2 Å². The number of nitrogens with one attached hydrogen (secondary N) is 1. The molecule has 3 heteroatoms. The first-order valence-corrected chi connectivity index (χ1v) is 19.6. The molecule has 1 N–H and O–H groups in total. The lowest BCUT2D eigenvalue weighted by Gasteiger charge is -2.20. The van der Waals surface area contributed by atoms with Crippen molar-refractivity contribution in [3.63, 3.8) is 0 Å². The van der Waals surface area contributed by atoms with Crippen LogP contribution in [-0.2, 0) is 0 Å². The quantitative estimate of drug-likeness (QED) is 0.105. The normalized spacial score (nSPS) is 18.9. The molecule has 3 atom stereocenters. The summed E-state index contributed by atoms with van der Waals surface area (Å²) < 4.78 is 0. The second kappa shape index (κ2) is 18.3. The van der Waals surface area contributed by atoms with Gasteiger partial charge in [0.1, 0.15) is 0 Å². The van der Waals surface area contributed by atoms with Gasteiger partial charge in [-0.1, -0.05) is 140 Å². The van der Waals surface area contributed by atoms with E-state index in [0.29, 0.717) is 11.8 Å². The predicted molar refractivity (Wildman–Crippen MR) is 230 cm³/mol. The monoisotopic (exact) mass is 705 g/mol. The summed E-state index contributed by atoms with van der Waals surface area (Å²) in [6.07, 6.45) is 36.0. The zero-order valence-corrected chi connectivity index (χ0v) is 31.3. The third kappa shape index (κ3) is 9.22. The van der Waals surface area contributed by atoms with Gasteiger partial charge in [0.2, 0.25) is 0 Å². The van der Waals surface area contributed by atoms with E-state index >= 15 is 0 Å². The highest BCUT2D eigenvalue weighted by Gasteiger charge is 2.19. The Morgan fingerprint density at radius 1 is 0.815 bits per heavy atom. The first-order valence-electron chi connectivity index (χ1n) is 19.6. The van der Waals surface area contributed by atoms with Crippen LogP contribution in [0.3, 0.4) is 0 Å². The number of benzene rings is 3. The second-order valence-electron chi connectivity index (χ2n) is 14.4. The molecule has 0 bridgehead atoms. The van der Waals surface area contributed by atoms with Gasteiger partial charge in [0, 0.05) is 23.9 Å². The minimum Gasteiger partial charge on any atom is -0.391 e. The second-order valence-corrected chi connectivity index (χ2v) is 14.4. The van der Waals surface area contributed by atoms with Crippen molar-refractivity contribution in [3.05, 3.63) is 205 Å². The number of unbranched alkanes of at least 4 members (excludes halogenated alkanes) is 1. The molecule has 1 aliphatic heterocycles. The smallest absolute Gasteiger partial charge is 0.160 e. The Morgan fingerprint density at radius 3 is 2.48 bits per heavy atom. The van der Waals surface area contributed by atoms with Crippen LogP contribution in [0.4, 0.5) is 0 Å². The third-order valence-electron chi connectivity index (χ3n) is 10.6. The van der Waals surface area contributed by atoms with Crippen molar-refractivity contribution < 1.29 is 0 Å². The molecule has 2 aliphatic carbocycles. The fraction of sp³-hybridized carbons (Fsp3) is 0.216. The van der Waals surface area contributed by atoms with Gasteiger partial charge >= 0.3 is 0 Å². The van der Waals surface area contributed by atoms with Crippen LogP contribution in [0.15, 0.2) is 171 Å². The van der Waals surface area contributed by atoms with Gasteiger partial charge in [-0.3, -0.25) is 0 Å². The van der Waals surface area contributed by atoms with Gasteiger partial charge in [-0.05, 0) is 114 Å². The van der Waals surface area contributed by atoms with Crippen LogP contribution in [0.1, 0.15) is 90.4 Å². The molecule has 270 valence electrons. The Bertz CT molecular complexity index is 2160. The van der Waals surface area contributed by atoms with Crippen molar-refractivity contribution in [2.75, 3.05) is 6.54 Å². The summed E-state index contributed by atoms with van der Waals surface area (Å²) in [7, 11) is 0. The van der Waals surface area contributed by atoms with E-state index in [-0.39, 0.29) is 5.92 Å². The predicted octanol–water partition coefficient (Wildman–Crippen LogP) is 12.8. The molecule has 3 aliphatic rings. The summed E-state index contributed by atoms with van der Waals surface area (Å²) in [5, 5.41) is 3.36. The van der Waals surface area contributed by atoms with Gasteiger partial charge in [0.15, 0.2) is 5.82 Å². The minimum absolute atomic E-state index is 0.0689. The van der Waals surface area contributed by atoms with Crippen molar-refractivity contribution in [1.82, 2.24) is 15.3 Å². The van der Waals surface area contributed by atoms with E-state index in [0.717, 1.165) is 79.8 Å². The zero-order chi connectivity index (χ0) is 37.0. The standard InChI is InChI=1S/C51H51N3/c1-3-5-6-8-21-42-22-11-12-28-48(42)43-31-29-41(30-32-43)45-25-15-27-47(35-45)51-53-49(39(4-2)23-13-17-38-18-16-33-52-37-38)36-50(54-51)46-26-14-24-44(34-46)40-19-9-7-10-20-40/h3-4,7-13,15-17,19-22,25-31,33-36,38-39,43,52H,1-2,5-6,14,18,23-24,32,37H2/b17-13+,21-8+.